The Labute approximate surface area is 115 Å². The highest BCUT2D eigenvalue weighted by Gasteiger charge is 2.10. The maximum atomic E-state index is 5.38. The molecule has 2 rings (SSSR count). The van der Waals surface area contributed by atoms with Crippen molar-refractivity contribution in [1.29, 1.82) is 0 Å². The number of nitrogens with zero attached hydrogens (tertiary/aromatic N) is 1. The van der Waals surface area contributed by atoms with E-state index in [0.717, 1.165) is 6.54 Å². The van der Waals surface area contributed by atoms with Gasteiger partial charge >= 0.3 is 0 Å². The molecule has 2 aromatic rings. The van der Waals surface area contributed by atoms with Crippen molar-refractivity contribution in [1.82, 2.24) is 9.88 Å². The molecule has 1 aromatic heterocycles. The molecule has 0 amide bonds. The first-order valence-corrected chi connectivity index (χ1v) is 6.56. The lowest BCUT2D eigenvalue weighted by atomic mass is 10.2. The molecule has 0 saturated heterocycles. The molecule has 0 fully saturated rings. The zero-order valence-electron chi connectivity index (χ0n) is 11.8. The number of terminal acetylenes is 1. The summed E-state index contributed by atoms with van der Waals surface area (Å²) in [7, 11) is 0. The highest BCUT2D eigenvalue weighted by Crippen LogP contribution is 2.20. The highest BCUT2D eigenvalue weighted by atomic mass is 15.0. The molecule has 0 aliphatic rings. The Morgan fingerprint density at radius 2 is 1.95 bits per heavy atom. The Morgan fingerprint density at radius 1 is 1.26 bits per heavy atom. The van der Waals surface area contributed by atoms with E-state index in [4.69, 9.17) is 6.42 Å². The summed E-state index contributed by atoms with van der Waals surface area (Å²) in [4.78, 5) is 0. The second-order valence-electron chi connectivity index (χ2n) is 4.84. The lowest BCUT2D eigenvalue weighted by molar-refractivity contribution is 0.645. The molecule has 0 aliphatic carbocycles. The van der Waals surface area contributed by atoms with E-state index in [9.17, 15) is 0 Å². The van der Waals surface area contributed by atoms with Gasteiger partial charge in [0.1, 0.15) is 0 Å². The van der Waals surface area contributed by atoms with Crippen LogP contribution in [0, 0.1) is 26.2 Å². The van der Waals surface area contributed by atoms with Gasteiger partial charge in [-0.15, -0.1) is 6.42 Å². The summed E-state index contributed by atoms with van der Waals surface area (Å²) in [5.74, 6) is 2.69. The first kappa shape index (κ1) is 13.5. The van der Waals surface area contributed by atoms with Crippen LogP contribution in [0.5, 0.6) is 0 Å². The van der Waals surface area contributed by atoms with E-state index in [2.05, 4.69) is 60.0 Å². The van der Waals surface area contributed by atoms with Crippen LogP contribution in [0.2, 0.25) is 0 Å². The van der Waals surface area contributed by atoms with Crippen LogP contribution in [-0.4, -0.2) is 10.6 Å². The molecule has 98 valence electrons. The number of hydrogen-bond donors (Lipinski definition) is 1. The largest absolute Gasteiger partial charge is 0.318 e. The molecule has 2 heteroatoms. The summed E-state index contributed by atoms with van der Waals surface area (Å²) in [6.07, 6.45) is 5.38. The lowest BCUT2D eigenvalue weighted by Gasteiger charge is -2.11. The van der Waals surface area contributed by atoms with Crippen molar-refractivity contribution in [2.45, 2.75) is 33.4 Å². The molecule has 19 heavy (non-hydrogen) atoms. The van der Waals surface area contributed by atoms with Gasteiger partial charge in [-0.2, -0.15) is 0 Å². The quantitative estimate of drug-likeness (QED) is 0.827. The van der Waals surface area contributed by atoms with Crippen LogP contribution >= 0.6 is 0 Å². The second kappa shape index (κ2) is 5.77. The molecular formula is C17H20N2. The molecule has 0 saturated carbocycles. The van der Waals surface area contributed by atoms with Gasteiger partial charge in [0.2, 0.25) is 0 Å². The van der Waals surface area contributed by atoms with E-state index in [-0.39, 0.29) is 6.04 Å². The Morgan fingerprint density at radius 3 is 2.58 bits per heavy atom. The van der Waals surface area contributed by atoms with Crippen molar-refractivity contribution in [2.75, 3.05) is 0 Å². The Hall–Kier alpha value is -1.98. The van der Waals surface area contributed by atoms with Crippen LogP contribution in [0.25, 0.3) is 5.69 Å². The number of hydrogen-bond acceptors (Lipinski definition) is 1. The van der Waals surface area contributed by atoms with Gasteiger partial charge in [0.05, 0.1) is 6.04 Å². The van der Waals surface area contributed by atoms with Crippen LogP contribution < -0.4 is 5.32 Å². The smallest absolute Gasteiger partial charge is 0.0660 e. The minimum atomic E-state index is 0.0970. The minimum Gasteiger partial charge on any atom is -0.318 e. The summed E-state index contributed by atoms with van der Waals surface area (Å²) < 4.78 is 2.28. The molecule has 0 radical (unpaired) electrons. The fourth-order valence-electron chi connectivity index (χ4n) is 2.30. The van der Waals surface area contributed by atoms with Gasteiger partial charge in [0.25, 0.3) is 0 Å². The topological polar surface area (TPSA) is 17.0 Å². The van der Waals surface area contributed by atoms with E-state index in [1.54, 1.807) is 0 Å². The second-order valence-corrected chi connectivity index (χ2v) is 4.84. The van der Waals surface area contributed by atoms with Crippen molar-refractivity contribution >= 4 is 0 Å². The predicted octanol–water partition coefficient (Wildman–Crippen LogP) is 3.21. The summed E-state index contributed by atoms with van der Waals surface area (Å²) in [6.45, 7) is 7.08. The van der Waals surface area contributed by atoms with E-state index in [1.165, 1.54) is 22.6 Å². The average Bonchev–Trinajstić information content (AvgIpc) is 2.71. The normalized spacial score (nSPS) is 12.1. The van der Waals surface area contributed by atoms with Crippen molar-refractivity contribution in [3.8, 4) is 18.0 Å². The molecule has 1 heterocycles. The summed E-state index contributed by atoms with van der Waals surface area (Å²) in [5, 5.41) is 3.33. The highest BCUT2D eigenvalue weighted by molar-refractivity contribution is 5.40. The van der Waals surface area contributed by atoms with E-state index in [0.29, 0.717) is 0 Å². The Bertz CT molecular complexity index is 588. The maximum absolute atomic E-state index is 5.38. The standard InChI is InChI=1S/C17H20N2/c1-5-13(2)18-12-16-11-14(3)19(15(16)4)17-9-7-6-8-10-17/h1,6-11,13,18H,12H2,2-4H3. The molecule has 1 atom stereocenters. The molecular weight excluding hydrogens is 232 g/mol. The molecule has 0 aliphatic heterocycles. The predicted molar refractivity (Wildman–Crippen MR) is 80.4 cm³/mol. The third-order valence-electron chi connectivity index (χ3n) is 3.40. The molecule has 1 aromatic carbocycles. The average molecular weight is 252 g/mol. The van der Waals surface area contributed by atoms with Gasteiger partial charge in [-0.3, -0.25) is 5.32 Å². The lowest BCUT2D eigenvalue weighted by Crippen LogP contribution is -2.23. The molecule has 0 bridgehead atoms. The van der Waals surface area contributed by atoms with E-state index in [1.807, 2.05) is 13.0 Å². The van der Waals surface area contributed by atoms with Crippen LogP contribution in [0.4, 0.5) is 0 Å². The van der Waals surface area contributed by atoms with Crippen LogP contribution in [0.3, 0.4) is 0 Å². The SMILES string of the molecule is C#CC(C)NCc1cc(C)n(-c2ccccc2)c1C. The van der Waals surface area contributed by atoms with Gasteiger partial charge in [-0.25, -0.2) is 0 Å². The van der Waals surface area contributed by atoms with Crippen molar-refractivity contribution in [3.63, 3.8) is 0 Å². The van der Waals surface area contributed by atoms with Crippen LogP contribution in [0.1, 0.15) is 23.9 Å². The third-order valence-corrected chi connectivity index (χ3v) is 3.40. The number of aryl methyl sites for hydroxylation is 1. The van der Waals surface area contributed by atoms with E-state index < -0.39 is 0 Å². The molecule has 1 unspecified atom stereocenters. The summed E-state index contributed by atoms with van der Waals surface area (Å²) in [6, 6.07) is 12.7. The summed E-state index contributed by atoms with van der Waals surface area (Å²) in [5.41, 5.74) is 5.01. The molecule has 0 spiro atoms. The van der Waals surface area contributed by atoms with Gasteiger partial charge < -0.3 is 4.57 Å². The number of rotatable bonds is 4. The number of aromatic nitrogens is 1. The Balaban J connectivity index is 2.28. The first-order chi connectivity index (χ1) is 9.13. The fraction of sp³-hybridized carbons (Fsp3) is 0.294. The summed E-state index contributed by atoms with van der Waals surface area (Å²) >= 11 is 0. The van der Waals surface area contributed by atoms with Crippen LogP contribution in [0.15, 0.2) is 36.4 Å². The van der Waals surface area contributed by atoms with Crippen molar-refractivity contribution in [3.05, 3.63) is 53.3 Å². The van der Waals surface area contributed by atoms with Gasteiger partial charge in [0.15, 0.2) is 0 Å². The number of benzene rings is 1. The van der Waals surface area contributed by atoms with Crippen LogP contribution in [-0.2, 0) is 6.54 Å². The first-order valence-electron chi connectivity index (χ1n) is 6.56. The van der Waals surface area contributed by atoms with Gasteiger partial charge in [0, 0.05) is 23.6 Å². The number of para-hydroxylation sites is 1. The van der Waals surface area contributed by atoms with Crippen molar-refractivity contribution < 1.29 is 0 Å². The zero-order valence-corrected chi connectivity index (χ0v) is 11.8. The van der Waals surface area contributed by atoms with E-state index >= 15 is 0 Å². The Kier molecular flexibility index (Phi) is 4.09. The van der Waals surface area contributed by atoms with Gasteiger partial charge in [-0.05, 0) is 44.5 Å². The monoisotopic (exact) mass is 252 g/mol. The minimum absolute atomic E-state index is 0.0970. The van der Waals surface area contributed by atoms with Gasteiger partial charge in [-0.1, -0.05) is 24.1 Å². The zero-order chi connectivity index (χ0) is 13.8. The number of nitrogens with one attached hydrogen (secondary N) is 1. The fourth-order valence-corrected chi connectivity index (χ4v) is 2.30. The third kappa shape index (κ3) is 2.89. The maximum Gasteiger partial charge on any atom is 0.0660 e. The van der Waals surface area contributed by atoms with Crippen molar-refractivity contribution in [2.24, 2.45) is 0 Å². The molecule has 2 nitrogen and oxygen atoms in total. The molecule has 1 N–H and O–H groups in total.